The third-order valence-electron chi connectivity index (χ3n) is 20.8. The van der Waals surface area contributed by atoms with Gasteiger partial charge in [0.25, 0.3) is 14.7 Å². The van der Waals surface area contributed by atoms with Crippen LogP contribution in [0.5, 0.6) is 11.6 Å². The molecule has 13 aromatic carbocycles. The van der Waals surface area contributed by atoms with Crippen molar-refractivity contribution in [3.8, 4) is 62.2 Å². The number of hydrogen-bond acceptors (Lipinski definition) is 10. The topological polar surface area (TPSA) is 135 Å². The van der Waals surface area contributed by atoms with Gasteiger partial charge in [-0.1, -0.05) is 209 Å². The molecule has 577 valence electrons. The second kappa shape index (κ2) is 35.8. The van der Waals surface area contributed by atoms with Crippen LogP contribution >= 0.6 is 22.1 Å². The van der Waals surface area contributed by atoms with Gasteiger partial charge in [0.1, 0.15) is 5.75 Å². The maximum atomic E-state index is 15.4. The zero-order chi connectivity index (χ0) is 76.9. The summed E-state index contributed by atoms with van der Waals surface area (Å²) < 4.78 is 65.1. The molecule has 5 aromatic heterocycles. The zero-order valence-electron chi connectivity index (χ0n) is 63.3. The predicted octanol–water partition coefficient (Wildman–Crippen LogP) is 22.6. The third-order valence-corrected chi connectivity index (χ3v) is 28.0. The van der Waals surface area contributed by atoms with Crippen LogP contribution in [-0.2, 0) is 83.9 Å². The summed E-state index contributed by atoms with van der Waals surface area (Å²) in [7, 11) is -10.4. The Hall–Kier alpha value is -10.8. The number of unbranched alkanes of at least 4 members (excludes halogenated alkanes) is 1. The summed E-state index contributed by atoms with van der Waals surface area (Å²) in [6.07, 6.45) is 8.84. The predicted molar refractivity (Wildman–Crippen MR) is 463 cm³/mol. The molecule has 17 heteroatoms. The van der Waals surface area contributed by atoms with Crippen LogP contribution in [0.3, 0.4) is 0 Å². The number of benzene rings is 13. The standard InChI is InChI=1S/C46H38N2O2P.C27H19NO2P.C26H18N2O2P.3Ir/c1-4-5-27-50-51(49,34-21-19-32(20-22-34)45-36-16-10-9-13-31(36)25-26-47-45)35-23-24-43-39(28-35)40-29-38-37-17-11-12-18-41(37)46(2,3)42(38)30-44(40)48(43)33-14-7-6-8-15-33;29-31(24-14-5-2-6-15-24,30-23-12-3-1-4-13-23)25-16-9-11-22(20-25)27-26-17-8-7-10-21(26)18-19-28-27;29-31(23-12-2-1-3-13-23,30-26-15-6-7-16-27-26)24-14-8-11-21(17-24)25-18-20-9-4-5-10-22(20)19-28-25;;;/h6-19,21-26,28-30H,4-5,27H2,1-3H3;1-10,12-20H;1-10,12-19H;;;/q3*-1;;;. The minimum atomic E-state index is -3.51. The molecule has 0 saturated carbocycles. The Balaban J connectivity index is 0.000000149. The summed E-state index contributed by atoms with van der Waals surface area (Å²) in [4.78, 5) is 18.1. The van der Waals surface area contributed by atoms with E-state index >= 15 is 4.57 Å². The van der Waals surface area contributed by atoms with Gasteiger partial charge in [-0.3, -0.25) is 13.7 Å². The minimum Gasteiger partial charge on any atom is -0.438 e. The van der Waals surface area contributed by atoms with Crippen LogP contribution in [0.4, 0.5) is 0 Å². The Morgan fingerprint density at radius 2 is 0.922 bits per heavy atom. The Kier molecular flexibility index (Phi) is 25.2. The summed E-state index contributed by atoms with van der Waals surface area (Å²) in [5, 5.41) is 12.4. The molecular weight excluding hydrogens is 2020 g/mol. The van der Waals surface area contributed by atoms with Gasteiger partial charge in [-0.05, 0) is 191 Å². The number of rotatable bonds is 18. The van der Waals surface area contributed by atoms with Crippen LogP contribution in [0.15, 0.2) is 365 Å². The van der Waals surface area contributed by atoms with Crippen LogP contribution in [0.2, 0.25) is 0 Å². The monoisotopic (exact) mass is 2100 g/mol. The van der Waals surface area contributed by atoms with Crippen LogP contribution in [-0.4, -0.2) is 31.1 Å². The average Bonchev–Trinajstić information content (AvgIpc) is 1.54. The molecule has 0 N–H and O–H groups in total. The average molecular weight is 2100 g/mol. The quantitative estimate of drug-likeness (QED) is 0.0464. The van der Waals surface area contributed by atoms with E-state index in [1.807, 2.05) is 219 Å². The van der Waals surface area contributed by atoms with Crippen molar-refractivity contribution >= 4 is 108 Å². The van der Waals surface area contributed by atoms with Gasteiger partial charge in [0.15, 0.2) is 0 Å². The van der Waals surface area contributed by atoms with Gasteiger partial charge < -0.3 is 33.1 Å². The Labute approximate surface area is 715 Å². The van der Waals surface area contributed by atoms with Crippen molar-refractivity contribution in [2.24, 2.45) is 0 Å². The summed E-state index contributed by atoms with van der Waals surface area (Å²) in [6.45, 7) is 7.17. The fraction of sp³-hybridized carbons (Fsp3) is 0.0707. The Morgan fingerprint density at radius 1 is 0.379 bits per heavy atom. The molecular formula is C99H75Ir3N5O6P3-3. The van der Waals surface area contributed by atoms with Crippen molar-refractivity contribution < 1.29 is 87.6 Å². The molecule has 3 unspecified atom stereocenters. The summed E-state index contributed by atoms with van der Waals surface area (Å²) >= 11 is 0. The molecule has 3 radical (unpaired) electrons. The molecule has 1 aliphatic carbocycles. The zero-order valence-corrected chi connectivity index (χ0v) is 73.2. The van der Waals surface area contributed by atoms with E-state index in [4.69, 9.17) is 18.6 Å². The van der Waals surface area contributed by atoms with Crippen molar-refractivity contribution in [3.63, 3.8) is 0 Å². The number of para-hydroxylation sites is 2. The second-order valence-corrected chi connectivity index (χ2v) is 35.2. The SMILES string of the molecule is CCCCOP(=O)(c1c[c-]c(-c2nccc3ccccc23)cc1)c1ccc2c(c1)c1cc3c(cc1n2-c1ccccc1)C(C)(C)c1ccccc1-3.O=P(Oc1ccccc1)(c1ccccc1)c1cc[c-]c(-c2nccc3ccccc23)c1.O=P(Oc1ccccn1)(c1ccccc1)c1cc[c-]c(-c2cc3ccccc3cn2)c1.[Ir].[Ir].[Ir]. The number of nitrogens with zero attached hydrogens (tertiary/aromatic N) is 5. The van der Waals surface area contributed by atoms with Gasteiger partial charge in [-0.15, -0.1) is 89.5 Å². The van der Waals surface area contributed by atoms with Crippen LogP contribution in [0.25, 0.3) is 105 Å². The Morgan fingerprint density at radius 3 is 1.56 bits per heavy atom. The van der Waals surface area contributed by atoms with E-state index in [2.05, 4.69) is 156 Å². The van der Waals surface area contributed by atoms with E-state index in [9.17, 15) is 9.13 Å². The molecule has 19 rings (SSSR count). The smallest absolute Gasteiger partial charge is 0.290 e. The second-order valence-electron chi connectivity index (χ2n) is 28.2. The minimum absolute atomic E-state index is 0. The first-order chi connectivity index (χ1) is 55.3. The molecule has 18 aromatic rings. The van der Waals surface area contributed by atoms with E-state index < -0.39 is 22.1 Å². The maximum Gasteiger partial charge on any atom is 0.290 e. The van der Waals surface area contributed by atoms with E-state index in [0.29, 0.717) is 50.1 Å². The molecule has 0 saturated heterocycles. The Bertz CT molecular complexity index is 6670. The van der Waals surface area contributed by atoms with Crippen molar-refractivity contribution in [1.29, 1.82) is 0 Å². The summed E-state index contributed by atoms with van der Waals surface area (Å²) in [5.41, 5.74) is 13.2. The van der Waals surface area contributed by atoms with E-state index in [1.165, 1.54) is 22.3 Å². The summed E-state index contributed by atoms with van der Waals surface area (Å²) in [6, 6.07) is 120. The van der Waals surface area contributed by atoms with Crippen LogP contribution in [0.1, 0.15) is 44.7 Å². The third kappa shape index (κ3) is 16.3. The number of hydrogen-bond donors (Lipinski definition) is 0. The maximum absolute atomic E-state index is 15.4. The number of aromatic nitrogens is 5. The van der Waals surface area contributed by atoms with E-state index in [0.717, 1.165) is 106 Å². The normalized spacial score (nSPS) is 13.3. The first kappa shape index (κ1) is 81.8. The van der Waals surface area contributed by atoms with Crippen LogP contribution < -0.4 is 40.9 Å². The van der Waals surface area contributed by atoms with Gasteiger partial charge in [0.2, 0.25) is 13.2 Å². The molecule has 11 nitrogen and oxygen atoms in total. The van der Waals surface area contributed by atoms with Crippen molar-refractivity contribution in [2.45, 2.75) is 39.0 Å². The fourth-order valence-corrected chi connectivity index (χ4v) is 21.1. The van der Waals surface area contributed by atoms with Gasteiger partial charge in [0, 0.05) is 118 Å². The van der Waals surface area contributed by atoms with Gasteiger partial charge >= 0.3 is 0 Å². The van der Waals surface area contributed by atoms with Gasteiger partial charge in [0.05, 0.1) is 28.2 Å². The van der Waals surface area contributed by atoms with Crippen molar-refractivity contribution in [2.75, 3.05) is 6.61 Å². The number of fused-ring (bicyclic) bond motifs is 9. The molecule has 0 aliphatic heterocycles. The van der Waals surface area contributed by atoms with Gasteiger partial charge in [-0.2, -0.15) is 0 Å². The van der Waals surface area contributed by atoms with Crippen LogP contribution in [0, 0.1) is 18.2 Å². The fourth-order valence-electron chi connectivity index (χ4n) is 15.0. The molecule has 5 heterocycles. The van der Waals surface area contributed by atoms with E-state index in [1.54, 1.807) is 48.8 Å². The number of pyridine rings is 4. The van der Waals surface area contributed by atoms with Gasteiger partial charge in [-0.25, -0.2) is 4.98 Å². The first-order valence-electron chi connectivity index (χ1n) is 37.6. The molecule has 116 heavy (non-hydrogen) atoms. The molecule has 0 spiro atoms. The molecule has 3 atom stereocenters. The molecule has 1 aliphatic rings. The molecule has 0 amide bonds. The van der Waals surface area contributed by atoms with Crippen molar-refractivity contribution in [3.05, 3.63) is 394 Å². The molecule has 0 fully saturated rings. The summed E-state index contributed by atoms with van der Waals surface area (Å²) in [5.74, 6) is 0.875. The van der Waals surface area contributed by atoms with Crippen molar-refractivity contribution in [1.82, 2.24) is 24.5 Å². The van der Waals surface area contributed by atoms with E-state index in [-0.39, 0.29) is 65.7 Å². The first-order valence-corrected chi connectivity index (χ1v) is 42.5. The largest absolute Gasteiger partial charge is 0.438 e. The molecule has 0 bridgehead atoms.